The number of benzene rings is 2. The lowest BCUT2D eigenvalue weighted by Gasteiger charge is -2.26. The Balaban J connectivity index is 1.54. The van der Waals surface area contributed by atoms with Crippen LogP contribution in [0.5, 0.6) is 0 Å². The Morgan fingerprint density at radius 1 is 1.10 bits per heavy atom. The molecule has 0 radical (unpaired) electrons. The fourth-order valence-electron chi connectivity index (χ4n) is 3.05. The molecule has 1 aliphatic rings. The first-order chi connectivity index (χ1) is 13.8. The summed E-state index contributed by atoms with van der Waals surface area (Å²) in [5, 5.41) is 2.81. The highest BCUT2D eigenvalue weighted by Gasteiger charge is 2.26. The summed E-state index contributed by atoms with van der Waals surface area (Å²) < 4.78 is 32.9. The van der Waals surface area contributed by atoms with Crippen LogP contribution in [-0.4, -0.2) is 63.4 Å². The number of likely N-dealkylation sites (N-methyl/N-ethyl adjacent to an activating group) is 1. The average Bonchev–Trinajstić information content (AvgIpc) is 2.70. The number of nitrogens with one attached hydrogen (secondary N) is 1. The highest BCUT2D eigenvalue weighted by atomic mass is 79.9. The minimum absolute atomic E-state index is 0.159. The average molecular weight is 482 g/mol. The Morgan fingerprint density at radius 3 is 2.34 bits per heavy atom. The van der Waals surface area contributed by atoms with Gasteiger partial charge in [0.05, 0.1) is 24.7 Å². The summed E-state index contributed by atoms with van der Waals surface area (Å²) in [6, 6.07) is 14.2. The van der Waals surface area contributed by atoms with E-state index in [1.165, 1.54) is 16.4 Å². The summed E-state index contributed by atoms with van der Waals surface area (Å²) in [6.45, 7) is 2.39. The van der Waals surface area contributed by atoms with Crippen LogP contribution in [0, 0.1) is 0 Å². The summed E-state index contributed by atoms with van der Waals surface area (Å²) in [6.07, 6.45) is 0. The van der Waals surface area contributed by atoms with E-state index in [0.29, 0.717) is 38.5 Å². The molecule has 0 aromatic heterocycles. The molecule has 2 aromatic carbocycles. The van der Waals surface area contributed by atoms with Gasteiger partial charge in [-0.2, -0.15) is 4.31 Å². The molecule has 1 amide bonds. The number of nitrogens with zero attached hydrogens (tertiary/aromatic N) is 2. The van der Waals surface area contributed by atoms with Crippen LogP contribution in [0.15, 0.2) is 57.9 Å². The van der Waals surface area contributed by atoms with Crippen molar-refractivity contribution in [3.8, 4) is 0 Å². The number of ether oxygens (including phenoxy) is 1. The molecule has 0 saturated carbocycles. The van der Waals surface area contributed by atoms with E-state index in [1.54, 1.807) is 12.1 Å². The van der Waals surface area contributed by atoms with Crippen LogP contribution >= 0.6 is 15.9 Å². The van der Waals surface area contributed by atoms with E-state index in [1.807, 2.05) is 36.2 Å². The van der Waals surface area contributed by atoms with E-state index < -0.39 is 10.0 Å². The van der Waals surface area contributed by atoms with E-state index in [9.17, 15) is 13.2 Å². The topological polar surface area (TPSA) is 79.0 Å². The minimum atomic E-state index is -3.53. The molecule has 3 rings (SSSR count). The number of morpholine rings is 1. The lowest BCUT2D eigenvalue weighted by Crippen LogP contribution is -2.40. The van der Waals surface area contributed by atoms with Gasteiger partial charge in [-0.3, -0.25) is 9.69 Å². The molecule has 1 heterocycles. The molecule has 0 spiro atoms. The van der Waals surface area contributed by atoms with Crippen molar-refractivity contribution in [1.29, 1.82) is 0 Å². The molecule has 29 heavy (non-hydrogen) atoms. The summed E-state index contributed by atoms with van der Waals surface area (Å²) in [4.78, 5) is 14.4. The molecule has 1 aliphatic heterocycles. The number of hydrogen-bond donors (Lipinski definition) is 1. The van der Waals surface area contributed by atoms with E-state index in [0.717, 1.165) is 10.0 Å². The van der Waals surface area contributed by atoms with Crippen molar-refractivity contribution >= 4 is 37.5 Å². The zero-order valence-electron chi connectivity index (χ0n) is 16.2. The second-order valence-corrected chi connectivity index (χ2v) is 9.74. The fourth-order valence-corrected chi connectivity index (χ4v) is 4.72. The van der Waals surface area contributed by atoms with E-state index in [-0.39, 0.29) is 17.3 Å². The van der Waals surface area contributed by atoms with Gasteiger partial charge >= 0.3 is 0 Å². The largest absolute Gasteiger partial charge is 0.379 e. The zero-order valence-corrected chi connectivity index (χ0v) is 18.6. The maximum atomic E-state index is 12.6. The van der Waals surface area contributed by atoms with Gasteiger partial charge in [0.1, 0.15) is 0 Å². The summed E-state index contributed by atoms with van der Waals surface area (Å²) in [5.74, 6) is -0.159. The van der Waals surface area contributed by atoms with Gasteiger partial charge in [0.2, 0.25) is 15.9 Å². The Morgan fingerprint density at radius 2 is 1.72 bits per heavy atom. The van der Waals surface area contributed by atoms with Gasteiger partial charge in [-0.15, -0.1) is 0 Å². The molecule has 156 valence electrons. The highest BCUT2D eigenvalue weighted by molar-refractivity contribution is 9.10. The van der Waals surface area contributed by atoms with E-state index in [2.05, 4.69) is 21.2 Å². The van der Waals surface area contributed by atoms with Gasteiger partial charge in [-0.05, 0) is 49.0 Å². The quantitative estimate of drug-likeness (QED) is 0.657. The van der Waals surface area contributed by atoms with Gasteiger partial charge in [0, 0.05) is 29.8 Å². The van der Waals surface area contributed by atoms with Crippen LogP contribution in [0.25, 0.3) is 0 Å². The second kappa shape index (κ2) is 9.82. The third kappa shape index (κ3) is 6.10. The van der Waals surface area contributed by atoms with Crippen LogP contribution in [0.1, 0.15) is 5.56 Å². The Kier molecular flexibility index (Phi) is 7.42. The third-order valence-corrected chi connectivity index (χ3v) is 6.97. The predicted molar refractivity (Wildman–Crippen MR) is 115 cm³/mol. The van der Waals surface area contributed by atoms with Crippen molar-refractivity contribution < 1.29 is 17.9 Å². The fraction of sp³-hybridized carbons (Fsp3) is 0.350. The molecular formula is C20H24BrN3O4S. The van der Waals surface area contributed by atoms with Gasteiger partial charge in [-0.1, -0.05) is 28.1 Å². The maximum Gasteiger partial charge on any atom is 0.243 e. The third-order valence-electron chi connectivity index (χ3n) is 4.53. The number of hydrogen-bond acceptors (Lipinski definition) is 5. The van der Waals surface area contributed by atoms with E-state index >= 15 is 0 Å². The summed E-state index contributed by atoms with van der Waals surface area (Å²) in [5.41, 5.74) is 1.68. The molecule has 1 fully saturated rings. The number of halogens is 1. The van der Waals surface area contributed by atoms with Crippen molar-refractivity contribution in [1.82, 2.24) is 9.21 Å². The van der Waals surface area contributed by atoms with Crippen molar-refractivity contribution in [3.63, 3.8) is 0 Å². The number of carbonyl (C=O) groups is 1. The van der Waals surface area contributed by atoms with Crippen molar-refractivity contribution in [3.05, 3.63) is 58.6 Å². The van der Waals surface area contributed by atoms with Gasteiger partial charge in [0.25, 0.3) is 0 Å². The molecule has 0 aliphatic carbocycles. The molecule has 2 aromatic rings. The molecule has 9 heteroatoms. The molecular weight excluding hydrogens is 458 g/mol. The maximum absolute atomic E-state index is 12.6. The highest BCUT2D eigenvalue weighted by Crippen LogP contribution is 2.19. The normalized spacial score (nSPS) is 15.4. The lowest BCUT2D eigenvalue weighted by molar-refractivity contribution is -0.117. The van der Waals surface area contributed by atoms with E-state index in [4.69, 9.17) is 4.74 Å². The van der Waals surface area contributed by atoms with Crippen LogP contribution in [0.3, 0.4) is 0 Å². The van der Waals surface area contributed by atoms with Crippen LogP contribution < -0.4 is 5.32 Å². The lowest BCUT2D eigenvalue weighted by atomic mass is 10.2. The summed E-state index contributed by atoms with van der Waals surface area (Å²) in [7, 11) is -1.66. The number of amides is 1. The van der Waals surface area contributed by atoms with Crippen LogP contribution in [0.2, 0.25) is 0 Å². The standard InChI is InChI=1S/C20H24BrN3O4S/c1-23(14-16-2-4-17(21)5-3-16)15-20(25)22-18-6-8-19(9-7-18)29(26,27)24-10-12-28-13-11-24/h2-9H,10-15H2,1H3,(H,22,25). The Labute approximate surface area is 179 Å². The zero-order chi connectivity index (χ0) is 20.9. The number of rotatable bonds is 7. The number of sulfonamides is 1. The van der Waals surface area contributed by atoms with Crippen LogP contribution in [-0.2, 0) is 26.1 Å². The van der Waals surface area contributed by atoms with Crippen molar-refractivity contribution in [2.75, 3.05) is 45.2 Å². The van der Waals surface area contributed by atoms with Crippen molar-refractivity contribution in [2.45, 2.75) is 11.4 Å². The van der Waals surface area contributed by atoms with Gasteiger partial charge in [0.15, 0.2) is 0 Å². The SMILES string of the molecule is CN(CC(=O)Nc1ccc(S(=O)(=O)N2CCOCC2)cc1)Cc1ccc(Br)cc1. The minimum Gasteiger partial charge on any atom is -0.379 e. The van der Waals surface area contributed by atoms with Crippen molar-refractivity contribution in [2.24, 2.45) is 0 Å². The van der Waals surface area contributed by atoms with Crippen LogP contribution in [0.4, 0.5) is 5.69 Å². The Hall–Kier alpha value is -1.78. The first-order valence-electron chi connectivity index (χ1n) is 9.25. The number of carbonyl (C=O) groups excluding carboxylic acids is 1. The molecule has 0 unspecified atom stereocenters. The molecule has 1 saturated heterocycles. The first-order valence-corrected chi connectivity index (χ1v) is 11.5. The monoisotopic (exact) mass is 481 g/mol. The first kappa shape index (κ1) is 21.9. The summed E-state index contributed by atoms with van der Waals surface area (Å²) >= 11 is 3.41. The molecule has 1 N–H and O–H groups in total. The number of anilines is 1. The Bertz CT molecular complexity index is 927. The predicted octanol–water partition coefficient (Wildman–Crippen LogP) is 2.54. The second-order valence-electron chi connectivity index (χ2n) is 6.89. The molecule has 7 nitrogen and oxygen atoms in total. The molecule has 0 bridgehead atoms. The smallest absolute Gasteiger partial charge is 0.243 e. The van der Waals surface area contributed by atoms with Gasteiger partial charge in [-0.25, -0.2) is 8.42 Å². The molecule has 0 atom stereocenters. The van der Waals surface area contributed by atoms with Gasteiger partial charge < -0.3 is 10.1 Å².